The molecular formula is C13H14N2O5. The van der Waals surface area contributed by atoms with Crippen LogP contribution in [0.5, 0.6) is 0 Å². The van der Waals surface area contributed by atoms with Crippen molar-refractivity contribution in [1.82, 2.24) is 5.32 Å². The van der Waals surface area contributed by atoms with E-state index >= 15 is 0 Å². The van der Waals surface area contributed by atoms with Gasteiger partial charge in [-0.1, -0.05) is 0 Å². The molecule has 0 radical (unpaired) electrons. The topological polar surface area (TPSA) is 116 Å². The molecule has 0 aromatic heterocycles. The van der Waals surface area contributed by atoms with Crippen LogP contribution >= 0.6 is 0 Å². The summed E-state index contributed by atoms with van der Waals surface area (Å²) < 4.78 is 0. The molecule has 1 heterocycles. The fourth-order valence-corrected chi connectivity index (χ4v) is 2.08. The summed E-state index contributed by atoms with van der Waals surface area (Å²) in [6.07, 6.45) is 1.60. The fraction of sp³-hybridized carbons (Fsp3) is 0.308. The second-order valence-electron chi connectivity index (χ2n) is 4.55. The Balaban J connectivity index is 2.23. The highest BCUT2D eigenvalue weighted by Gasteiger charge is 2.22. The van der Waals surface area contributed by atoms with Crippen molar-refractivity contribution in [2.24, 2.45) is 0 Å². The number of hydrogen-bond donors (Lipinski definition) is 4. The molecule has 20 heavy (non-hydrogen) atoms. The first-order valence-corrected chi connectivity index (χ1v) is 6.13. The largest absolute Gasteiger partial charge is 0.478 e. The van der Waals surface area contributed by atoms with Crippen LogP contribution in [0.1, 0.15) is 33.6 Å². The zero-order valence-corrected chi connectivity index (χ0v) is 10.5. The van der Waals surface area contributed by atoms with Crippen LogP contribution in [0.2, 0.25) is 0 Å². The predicted molar refractivity (Wildman–Crippen MR) is 70.0 cm³/mol. The van der Waals surface area contributed by atoms with Crippen LogP contribution < -0.4 is 10.6 Å². The molecule has 1 aromatic carbocycles. The average molecular weight is 278 g/mol. The Labute approximate surface area is 114 Å². The van der Waals surface area contributed by atoms with Gasteiger partial charge in [-0.05, 0) is 37.6 Å². The Kier molecular flexibility index (Phi) is 3.99. The van der Waals surface area contributed by atoms with Crippen molar-refractivity contribution in [3.05, 3.63) is 29.3 Å². The van der Waals surface area contributed by atoms with Gasteiger partial charge >= 0.3 is 11.9 Å². The van der Waals surface area contributed by atoms with Crippen molar-refractivity contribution in [3.8, 4) is 0 Å². The van der Waals surface area contributed by atoms with Gasteiger partial charge in [0.25, 0.3) is 0 Å². The van der Waals surface area contributed by atoms with Gasteiger partial charge in [0, 0.05) is 5.69 Å². The molecule has 1 saturated heterocycles. The second-order valence-corrected chi connectivity index (χ2v) is 4.55. The van der Waals surface area contributed by atoms with Crippen LogP contribution in [-0.2, 0) is 4.79 Å². The first-order valence-electron chi connectivity index (χ1n) is 6.13. The van der Waals surface area contributed by atoms with Gasteiger partial charge in [-0.15, -0.1) is 0 Å². The smallest absolute Gasteiger partial charge is 0.335 e. The predicted octanol–water partition coefficient (Wildman–Crippen LogP) is 0.773. The summed E-state index contributed by atoms with van der Waals surface area (Å²) in [5.41, 5.74) is -0.194. The van der Waals surface area contributed by atoms with Crippen LogP contribution in [0.3, 0.4) is 0 Å². The Morgan fingerprint density at radius 1 is 1.10 bits per heavy atom. The lowest BCUT2D eigenvalue weighted by molar-refractivity contribution is -0.117. The maximum absolute atomic E-state index is 11.9. The minimum absolute atomic E-state index is 0.168. The number of carbonyl (C=O) groups excluding carboxylic acids is 1. The molecule has 7 heteroatoms. The third-order valence-electron chi connectivity index (χ3n) is 3.07. The monoisotopic (exact) mass is 278 g/mol. The van der Waals surface area contributed by atoms with Crippen molar-refractivity contribution in [3.63, 3.8) is 0 Å². The first-order chi connectivity index (χ1) is 9.47. The number of benzene rings is 1. The Hall–Kier alpha value is -2.41. The molecule has 1 fully saturated rings. The number of hydrogen-bond acceptors (Lipinski definition) is 4. The number of amides is 1. The van der Waals surface area contributed by atoms with Gasteiger partial charge in [0.1, 0.15) is 0 Å². The van der Waals surface area contributed by atoms with Crippen LogP contribution in [0.25, 0.3) is 0 Å². The van der Waals surface area contributed by atoms with E-state index in [2.05, 4.69) is 10.6 Å². The molecule has 0 saturated carbocycles. The minimum Gasteiger partial charge on any atom is -0.478 e. The number of carboxylic acids is 2. The van der Waals surface area contributed by atoms with Crippen LogP contribution in [0, 0.1) is 0 Å². The van der Waals surface area contributed by atoms with Crippen molar-refractivity contribution >= 4 is 23.5 Å². The molecule has 0 unspecified atom stereocenters. The molecule has 7 nitrogen and oxygen atoms in total. The Morgan fingerprint density at radius 3 is 2.15 bits per heavy atom. The zero-order chi connectivity index (χ0) is 14.7. The Morgan fingerprint density at radius 2 is 1.70 bits per heavy atom. The van der Waals surface area contributed by atoms with E-state index in [9.17, 15) is 14.4 Å². The number of carbonyl (C=O) groups is 3. The molecule has 1 aromatic rings. The molecule has 1 aliphatic heterocycles. The van der Waals surface area contributed by atoms with Gasteiger partial charge in [0.15, 0.2) is 0 Å². The molecule has 0 bridgehead atoms. The highest BCUT2D eigenvalue weighted by atomic mass is 16.4. The van der Waals surface area contributed by atoms with E-state index in [0.29, 0.717) is 6.42 Å². The quantitative estimate of drug-likeness (QED) is 0.646. The zero-order valence-electron chi connectivity index (χ0n) is 10.5. The molecule has 0 spiro atoms. The van der Waals surface area contributed by atoms with E-state index in [1.54, 1.807) is 0 Å². The van der Waals surface area contributed by atoms with Gasteiger partial charge in [-0.2, -0.15) is 0 Å². The summed E-state index contributed by atoms with van der Waals surface area (Å²) >= 11 is 0. The second kappa shape index (κ2) is 5.70. The van der Waals surface area contributed by atoms with Gasteiger partial charge in [0.05, 0.1) is 17.2 Å². The molecular weight excluding hydrogens is 264 g/mol. The number of aromatic carboxylic acids is 2. The standard InChI is InChI=1S/C13H14N2O5/c16-11(10-2-1-3-14-10)15-9-5-7(12(17)18)4-8(6-9)13(19)20/h4-6,10,14H,1-3H2,(H,15,16)(H,17,18)(H,19,20)/t10-/m0/s1. The van der Waals surface area contributed by atoms with Crippen molar-refractivity contribution in [2.45, 2.75) is 18.9 Å². The highest BCUT2D eigenvalue weighted by molar-refractivity contribution is 5.99. The molecule has 2 rings (SSSR count). The lowest BCUT2D eigenvalue weighted by Gasteiger charge is -2.12. The Bertz CT molecular complexity index is 532. The molecule has 1 amide bonds. The SMILES string of the molecule is O=C(O)c1cc(NC(=O)[C@@H]2CCCN2)cc(C(=O)O)c1. The van der Waals surface area contributed by atoms with Crippen LogP contribution in [0.4, 0.5) is 5.69 Å². The lowest BCUT2D eigenvalue weighted by atomic mass is 10.1. The average Bonchev–Trinajstić information content (AvgIpc) is 2.92. The first kappa shape index (κ1) is 14.0. The van der Waals surface area contributed by atoms with Gasteiger partial charge in [-0.3, -0.25) is 4.79 Å². The lowest BCUT2D eigenvalue weighted by Crippen LogP contribution is -2.35. The van der Waals surface area contributed by atoms with Crippen LogP contribution in [-0.4, -0.2) is 40.6 Å². The molecule has 4 N–H and O–H groups in total. The highest BCUT2D eigenvalue weighted by Crippen LogP contribution is 2.17. The molecule has 1 aliphatic rings. The summed E-state index contributed by atoms with van der Waals surface area (Å²) in [4.78, 5) is 33.8. The van der Waals surface area contributed by atoms with E-state index in [-0.39, 0.29) is 28.8 Å². The summed E-state index contributed by atoms with van der Waals surface area (Å²) in [7, 11) is 0. The summed E-state index contributed by atoms with van der Waals surface area (Å²) in [5.74, 6) is -2.79. The summed E-state index contributed by atoms with van der Waals surface area (Å²) in [5, 5.41) is 23.4. The normalized spacial score (nSPS) is 17.7. The number of anilines is 1. The van der Waals surface area contributed by atoms with Gasteiger partial charge < -0.3 is 20.8 Å². The summed E-state index contributed by atoms with van der Waals surface area (Å²) in [6.45, 7) is 0.758. The number of carboxylic acid groups (broad SMARTS) is 2. The third kappa shape index (κ3) is 3.12. The molecule has 0 aliphatic carbocycles. The van der Waals surface area contributed by atoms with E-state index in [0.717, 1.165) is 19.0 Å². The van der Waals surface area contributed by atoms with E-state index in [1.165, 1.54) is 12.1 Å². The van der Waals surface area contributed by atoms with Crippen molar-refractivity contribution in [1.29, 1.82) is 0 Å². The van der Waals surface area contributed by atoms with Gasteiger partial charge in [0.2, 0.25) is 5.91 Å². The maximum Gasteiger partial charge on any atom is 0.335 e. The minimum atomic E-state index is -1.25. The van der Waals surface area contributed by atoms with Crippen molar-refractivity contribution < 1.29 is 24.6 Å². The van der Waals surface area contributed by atoms with E-state index in [1.807, 2.05) is 0 Å². The van der Waals surface area contributed by atoms with E-state index in [4.69, 9.17) is 10.2 Å². The van der Waals surface area contributed by atoms with Crippen molar-refractivity contribution in [2.75, 3.05) is 11.9 Å². The van der Waals surface area contributed by atoms with E-state index < -0.39 is 11.9 Å². The maximum atomic E-state index is 11.9. The third-order valence-corrected chi connectivity index (χ3v) is 3.07. The molecule has 106 valence electrons. The van der Waals surface area contributed by atoms with Gasteiger partial charge in [-0.25, -0.2) is 9.59 Å². The van der Waals surface area contributed by atoms with Crippen LogP contribution in [0.15, 0.2) is 18.2 Å². The summed E-state index contributed by atoms with van der Waals surface area (Å²) in [6, 6.07) is 3.20. The molecule has 1 atom stereocenters. The number of nitrogens with one attached hydrogen (secondary N) is 2. The number of rotatable bonds is 4. The fourth-order valence-electron chi connectivity index (χ4n) is 2.08.